The SMILES string of the molecule is CC=CC=CCOC(=O)CCCCC(=O)OCC=CC=CC. The Balaban J connectivity index is 3.54. The molecule has 0 aromatic carbocycles. The van der Waals surface area contributed by atoms with Gasteiger partial charge in [-0.1, -0.05) is 36.5 Å². The van der Waals surface area contributed by atoms with Crippen LogP contribution in [0, 0.1) is 0 Å². The van der Waals surface area contributed by atoms with Gasteiger partial charge in [0.05, 0.1) is 0 Å². The molecule has 0 heterocycles. The van der Waals surface area contributed by atoms with Gasteiger partial charge in [-0.2, -0.15) is 0 Å². The highest BCUT2D eigenvalue weighted by Crippen LogP contribution is 2.03. The van der Waals surface area contributed by atoms with Gasteiger partial charge in [-0.3, -0.25) is 9.59 Å². The molecule has 0 saturated heterocycles. The van der Waals surface area contributed by atoms with Crippen molar-refractivity contribution in [1.29, 1.82) is 0 Å². The van der Waals surface area contributed by atoms with Crippen LogP contribution in [0.15, 0.2) is 48.6 Å². The quantitative estimate of drug-likeness (QED) is 0.330. The third kappa shape index (κ3) is 14.3. The lowest BCUT2D eigenvalue weighted by Crippen LogP contribution is -2.06. The summed E-state index contributed by atoms with van der Waals surface area (Å²) in [5, 5.41) is 0. The summed E-state index contributed by atoms with van der Waals surface area (Å²) in [6, 6.07) is 0. The molecule has 0 bridgehead atoms. The van der Waals surface area contributed by atoms with Crippen LogP contribution in [0.25, 0.3) is 0 Å². The zero-order chi connectivity index (χ0) is 16.5. The predicted molar refractivity (Wildman–Crippen MR) is 88.3 cm³/mol. The Morgan fingerprint density at radius 1 is 0.727 bits per heavy atom. The first-order chi connectivity index (χ1) is 10.7. The van der Waals surface area contributed by atoms with Crippen LogP contribution >= 0.6 is 0 Å². The van der Waals surface area contributed by atoms with E-state index in [0.29, 0.717) is 25.7 Å². The lowest BCUT2D eigenvalue weighted by atomic mass is 10.2. The summed E-state index contributed by atoms with van der Waals surface area (Å²) in [5.41, 5.74) is 0. The average molecular weight is 306 g/mol. The fourth-order valence-corrected chi connectivity index (χ4v) is 1.46. The molecule has 0 aliphatic rings. The summed E-state index contributed by atoms with van der Waals surface area (Å²) in [5.74, 6) is -0.486. The monoisotopic (exact) mass is 306 g/mol. The molecule has 0 aromatic heterocycles. The molecule has 0 aliphatic carbocycles. The van der Waals surface area contributed by atoms with Crippen molar-refractivity contribution >= 4 is 11.9 Å². The minimum Gasteiger partial charge on any atom is -0.461 e. The zero-order valence-corrected chi connectivity index (χ0v) is 13.5. The molecule has 22 heavy (non-hydrogen) atoms. The molecule has 0 rings (SSSR count). The highest BCUT2D eigenvalue weighted by molar-refractivity contribution is 5.70. The highest BCUT2D eigenvalue weighted by Gasteiger charge is 2.04. The first-order valence-corrected chi connectivity index (χ1v) is 7.57. The lowest BCUT2D eigenvalue weighted by Gasteiger charge is -2.03. The van der Waals surface area contributed by atoms with Gasteiger partial charge in [0.2, 0.25) is 0 Å². The maximum absolute atomic E-state index is 11.4. The second kappa shape index (κ2) is 15.3. The van der Waals surface area contributed by atoms with Gasteiger partial charge in [0.25, 0.3) is 0 Å². The van der Waals surface area contributed by atoms with Gasteiger partial charge in [0, 0.05) is 12.8 Å². The highest BCUT2D eigenvalue weighted by atomic mass is 16.5. The van der Waals surface area contributed by atoms with Crippen molar-refractivity contribution in [2.45, 2.75) is 39.5 Å². The van der Waals surface area contributed by atoms with Gasteiger partial charge in [-0.05, 0) is 38.8 Å². The third-order valence-electron chi connectivity index (χ3n) is 2.57. The summed E-state index contributed by atoms with van der Waals surface area (Å²) >= 11 is 0. The van der Waals surface area contributed by atoms with Crippen molar-refractivity contribution < 1.29 is 19.1 Å². The first kappa shape index (κ1) is 19.9. The third-order valence-corrected chi connectivity index (χ3v) is 2.57. The smallest absolute Gasteiger partial charge is 0.306 e. The fraction of sp³-hybridized carbons (Fsp3) is 0.444. The molecule has 0 amide bonds. The Morgan fingerprint density at radius 3 is 1.50 bits per heavy atom. The van der Waals surface area contributed by atoms with Crippen molar-refractivity contribution in [3.8, 4) is 0 Å². The van der Waals surface area contributed by atoms with Crippen LogP contribution in [0.1, 0.15) is 39.5 Å². The average Bonchev–Trinajstić information content (AvgIpc) is 2.51. The van der Waals surface area contributed by atoms with E-state index in [9.17, 15) is 9.59 Å². The second-order valence-corrected chi connectivity index (χ2v) is 4.48. The van der Waals surface area contributed by atoms with Crippen LogP contribution in [-0.4, -0.2) is 25.2 Å². The van der Waals surface area contributed by atoms with Crippen molar-refractivity contribution in [1.82, 2.24) is 0 Å². The Bertz CT molecular complexity index is 377. The lowest BCUT2D eigenvalue weighted by molar-refractivity contribution is -0.144. The van der Waals surface area contributed by atoms with E-state index >= 15 is 0 Å². The van der Waals surface area contributed by atoms with Crippen LogP contribution in [0.4, 0.5) is 0 Å². The Morgan fingerprint density at radius 2 is 1.14 bits per heavy atom. The van der Waals surface area contributed by atoms with Crippen LogP contribution in [0.2, 0.25) is 0 Å². The molecule has 0 radical (unpaired) electrons. The van der Waals surface area contributed by atoms with Crippen LogP contribution in [-0.2, 0) is 19.1 Å². The first-order valence-electron chi connectivity index (χ1n) is 7.57. The van der Waals surface area contributed by atoms with Gasteiger partial charge < -0.3 is 9.47 Å². The Hall–Kier alpha value is -2.10. The Labute approximate surface area is 133 Å². The van der Waals surface area contributed by atoms with Gasteiger partial charge in [-0.15, -0.1) is 0 Å². The predicted octanol–water partition coefficient (Wildman–Crippen LogP) is 3.90. The normalized spacial score (nSPS) is 11.9. The maximum atomic E-state index is 11.4. The molecule has 0 unspecified atom stereocenters. The van der Waals surface area contributed by atoms with Crippen molar-refractivity contribution in [3.63, 3.8) is 0 Å². The topological polar surface area (TPSA) is 52.6 Å². The summed E-state index contributed by atoms with van der Waals surface area (Å²) in [6.07, 6.45) is 16.6. The summed E-state index contributed by atoms with van der Waals surface area (Å²) < 4.78 is 10.0. The molecular formula is C18H26O4. The van der Waals surface area contributed by atoms with E-state index in [1.165, 1.54) is 0 Å². The van der Waals surface area contributed by atoms with Crippen LogP contribution in [0.3, 0.4) is 0 Å². The van der Waals surface area contributed by atoms with Gasteiger partial charge in [0.15, 0.2) is 0 Å². The van der Waals surface area contributed by atoms with E-state index < -0.39 is 0 Å². The number of rotatable bonds is 11. The molecular weight excluding hydrogens is 280 g/mol. The number of ether oxygens (including phenoxy) is 2. The van der Waals surface area contributed by atoms with E-state index in [4.69, 9.17) is 9.47 Å². The van der Waals surface area contributed by atoms with Crippen LogP contribution < -0.4 is 0 Å². The van der Waals surface area contributed by atoms with Gasteiger partial charge >= 0.3 is 11.9 Å². The van der Waals surface area contributed by atoms with Crippen LogP contribution in [0.5, 0.6) is 0 Å². The molecule has 0 N–H and O–H groups in total. The second-order valence-electron chi connectivity index (χ2n) is 4.48. The largest absolute Gasteiger partial charge is 0.461 e. The van der Waals surface area contributed by atoms with E-state index in [2.05, 4.69) is 0 Å². The number of unbranched alkanes of at least 4 members (excludes halogenated alkanes) is 1. The number of esters is 2. The van der Waals surface area contributed by atoms with E-state index in [-0.39, 0.29) is 25.2 Å². The van der Waals surface area contributed by atoms with E-state index in [1.807, 2.05) is 50.3 Å². The van der Waals surface area contributed by atoms with Gasteiger partial charge in [-0.25, -0.2) is 0 Å². The Kier molecular flexibility index (Phi) is 13.8. The molecule has 0 spiro atoms. The molecule has 0 fully saturated rings. The zero-order valence-electron chi connectivity index (χ0n) is 13.5. The van der Waals surface area contributed by atoms with Gasteiger partial charge in [0.1, 0.15) is 13.2 Å². The minimum atomic E-state index is -0.243. The van der Waals surface area contributed by atoms with E-state index in [1.54, 1.807) is 12.2 Å². The maximum Gasteiger partial charge on any atom is 0.306 e. The summed E-state index contributed by atoms with van der Waals surface area (Å²) in [4.78, 5) is 22.8. The standard InChI is InChI=1S/C18H26O4/c1-3-5-7-11-15-21-17(19)13-9-10-14-18(20)22-16-12-8-6-4-2/h3-8,11-12H,9-10,13-16H2,1-2H3. The van der Waals surface area contributed by atoms with Crippen molar-refractivity contribution in [2.75, 3.05) is 13.2 Å². The van der Waals surface area contributed by atoms with Crippen molar-refractivity contribution in [3.05, 3.63) is 48.6 Å². The summed E-state index contributed by atoms with van der Waals surface area (Å²) in [7, 11) is 0. The molecule has 0 saturated carbocycles. The fourth-order valence-electron chi connectivity index (χ4n) is 1.46. The molecule has 122 valence electrons. The van der Waals surface area contributed by atoms with E-state index in [0.717, 1.165) is 0 Å². The number of carbonyl (C=O) groups is 2. The summed E-state index contributed by atoms with van der Waals surface area (Å²) in [6.45, 7) is 4.40. The molecule has 0 aliphatic heterocycles. The molecule has 0 atom stereocenters. The minimum absolute atomic E-state index is 0.243. The number of allylic oxidation sites excluding steroid dienone is 6. The molecule has 4 nitrogen and oxygen atoms in total. The van der Waals surface area contributed by atoms with Crippen molar-refractivity contribution in [2.24, 2.45) is 0 Å². The number of hydrogen-bond acceptors (Lipinski definition) is 4. The molecule has 4 heteroatoms. The number of hydrogen-bond donors (Lipinski definition) is 0. The number of carbonyl (C=O) groups excluding carboxylic acids is 2. The molecule has 0 aromatic rings.